The molecule has 0 saturated carbocycles. The molecule has 640 valence electrons. The first kappa shape index (κ1) is 161. The fourth-order valence-electron chi connectivity index (χ4n) is 3.79. The molecule has 11 rings (SSSR count). The molecule has 0 unspecified atom stereocenters. The number of ether oxygens (including phenoxy) is 2. The van der Waals surface area contributed by atoms with Crippen molar-refractivity contribution in [2.75, 3.05) is 108 Å². The quantitative estimate of drug-likeness (QED) is 0.168. The first-order chi connectivity index (χ1) is 51.5. The SMILES string of the molecule is C1=CNNC1.C1=NCCC1.C1=NCCCN1.C1=NCCCO1.C1=NCCCS1.C1=NCCN1.C1=NCCO1.C1=NCCS1.C1=NOCC1.C1=NSCC1.C1=NSCCC1.CC.CC.CC.CC.CC.CC.CC.CC.CC.CC.CC.CC.CC.CC.CC.CC.CC.CC.CC.CC.CC.CC. The summed E-state index contributed by atoms with van der Waals surface area (Å²) in [6.45, 7) is 100. The van der Waals surface area contributed by atoms with Crippen LogP contribution in [0.1, 0.15) is 362 Å². The van der Waals surface area contributed by atoms with E-state index in [2.05, 4.69) is 80.0 Å². The van der Waals surface area contributed by atoms with Gasteiger partial charge in [-0.3, -0.25) is 34.9 Å². The Labute approximate surface area is 672 Å². The highest BCUT2D eigenvalue weighted by atomic mass is 32.2. The number of rotatable bonds is 0. The zero-order chi connectivity index (χ0) is 85.7. The fraction of sp³-hybridized carbons (Fsp3) is 0.854. The number of hydrogen-bond donors (Lipinski definition) is 4. The minimum atomic E-state index is 0.778. The van der Waals surface area contributed by atoms with E-state index in [1.165, 1.54) is 80.8 Å². The van der Waals surface area contributed by atoms with E-state index in [4.69, 9.17) is 4.74 Å². The van der Waals surface area contributed by atoms with Crippen LogP contribution in [0.5, 0.6) is 0 Å². The summed E-state index contributed by atoms with van der Waals surface area (Å²) in [5.41, 5.74) is 9.49. The number of nitrogens with zero attached hydrogens (tertiary/aromatic N) is 10. The van der Waals surface area contributed by atoms with Crippen molar-refractivity contribution in [1.29, 1.82) is 0 Å². The minimum Gasteiger partial charge on any atom is -0.483 e. The molecular weight excluding hydrogens is 1360 g/mol. The second-order valence-electron chi connectivity index (χ2n) is 11.8. The second-order valence-corrected chi connectivity index (χ2v) is 15.5. The fourth-order valence-corrected chi connectivity index (χ4v) is 6.06. The van der Waals surface area contributed by atoms with Crippen molar-refractivity contribution >= 4 is 109 Å². The number of hydrogen-bond acceptors (Lipinski definition) is 21. The predicted molar refractivity (Wildman–Crippen MR) is 514 cm³/mol. The molecule has 0 aromatic carbocycles. The van der Waals surface area contributed by atoms with Gasteiger partial charge in [-0.05, 0) is 75.1 Å². The van der Waals surface area contributed by atoms with Gasteiger partial charge in [0.2, 0.25) is 0 Å². The van der Waals surface area contributed by atoms with Crippen molar-refractivity contribution < 1.29 is 14.3 Å². The Balaban J connectivity index is -0.0000000333. The Morgan fingerprint density at radius 3 is 0.825 bits per heavy atom. The smallest absolute Gasteiger partial charge is 0.169 e. The molecule has 0 fully saturated rings. The van der Waals surface area contributed by atoms with Gasteiger partial charge in [0, 0.05) is 113 Å². The summed E-state index contributed by atoms with van der Waals surface area (Å²) in [6.07, 6.45) is 28.8. The van der Waals surface area contributed by atoms with E-state index >= 15 is 0 Å². The maximum absolute atomic E-state index is 4.78. The van der Waals surface area contributed by atoms with Crippen LogP contribution >= 0.6 is 47.4 Å². The van der Waals surface area contributed by atoms with E-state index in [-0.39, 0.29) is 0 Å². The lowest BCUT2D eigenvalue weighted by molar-refractivity contribution is 0.174. The molecule has 11 heterocycles. The molecule has 0 amide bonds. The van der Waals surface area contributed by atoms with Crippen molar-refractivity contribution in [3.05, 3.63) is 12.3 Å². The van der Waals surface area contributed by atoms with Crippen molar-refractivity contribution in [2.45, 2.75) is 362 Å². The van der Waals surface area contributed by atoms with Gasteiger partial charge < -0.3 is 30.4 Å². The van der Waals surface area contributed by atoms with E-state index < -0.39 is 0 Å². The van der Waals surface area contributed by atoms with Crippen LogP contribution in [0.25, 0.3) is 0 Å². The van der Waals surface area contributed by atoms with Crippen LogP contribution in [-0.2, 0) is 14.3 Å². The van der Waals surface area contributed by atoms with E-state index in [0.717, 1.165) is 98.1 Å². The molecule has 11 aliphatic rings. The van der Waals surface area contributed by atoms with Crippen molar-refractivity contribution in [3.8, 4) is 0 Å². The molecule has 0 atom stereocenters. The molecule has 4 N–H and O–H groups in total. The maximum Gasteiger partial charge on any atom is 0.169 e. The lowest BCUT2D eigenvalue weighted by atomic mass is 10.4. The lowest BCUT2D eigenvalue weighted by Crippen LogP contribution is -2.19. The highest BCUT2D eigenvalue weighted by Gasteiger charge is 1.92. The van der Waals surface area contributed by atoms with Crippen LogP contribution in [0.2, 0.25) is 0 Å². The highest BCUT2D eigenvalue weighted by Crippen LogP contribution is 2.09. The third kappa shape index (κ3) is 298. The van der Waals surface area contributed by atoms with Gasteiger partial charge in [0.15, 0.2) is 12.8 Å². The predicted octanol–water partition coefficient (Wildman–Crippen LogP) is 28.1. The highest BCUT2D eigenvalue weighted by molar-refractivity contribution is 8.12. The Hall–Kier alpha value is -3.40. The molecule has 0 aliphatic carbocycles. The van der Waals surface area contributed by atoms with Crippen LogP contribution in [0, 0.1) is 0 Å². The first-order valence-electron chi connectivity index (χ1n) is 42.4. The van der Waals surface area contributed by atoms with Gasteiger partial charge in [-0.2, -0.15) is 0 Å². The van der Waals surface area contributed by atoms with Crippen LogP contribution in [-0.4, -0.2) is 170 Å². The van der Waals surface area contributed by atoms with Gasteiger partial charge in [0.05, 0.1) is 43.5 Å². The summed E-state index contributed by atoms with van der Waals surface area (Å²) in [5.74, 6) is 4.88. The normalized spacial score (nSPS) is 12.9. The number of thioether (sulfide) groups is 2. The average molecular weight is 1560 g/mol. The van der Waals surface area contributed by atoms with Gasteiger partial charge in [-0.25, -0.2) is 14.2 Å². The van der Waals surface area contributed by atoms with Crippen molar-refractivity contribution in [1.82, 2.24) is 21.5 Å². The largest absolute Gasteiger partial charge is 0.483 e. The summed E-state index contributed by atoms with van der Waals surface area (Å²) in [4.78, 5) is 31.8. The number of aliphatic imine (C=N–C) groups is 7. The van der Waals surface area contributed by atoms with Gasteiger partial charge in [0.1, 0.15) is 13.2 Å². The summed E-state index contributed by atoms with van der Waals surface area (Å²) in [5, 5.41) is 9.38. The molecule has 103 heavy (non-hydrogen) atoms. The van der Waals surface area contributed by atoms with E-state index in [9.17, 15) is 0 Å². The third-order valence-corrected chi connectivity index (χ3v) is 9.72. The number of nitrogens with one attached hydrogen (secondary N) is 4. The zero-order valence-corrected chi connectivity index (χ0v) is 81.9. The van der Waals surface area contributed by atoms with Gasteiger partial charge in [0.25, 0.3) is 0 Å². The average Bonchev–Trinajstić information content (AvgIpc) is 4.86. The third-order valence-electron chi connectivity index (χ3n) is 6.70. The first-order valence-corrected chi connectivity index (χ1v) is 46.3. The molecule has 0 radical (unpaired) electrons. The topological polar surface area (TPSA) is 199 Å². The van der Waals surface area contributed by atoms with E-state index in [1.54, 1.807) is 66.3 Å². The summed E-state index contributed by atoms with van der Waals surface area (Å²) in [7, 11) is 0. The van der Waals surface area contributed by atoms with Gasteiger partial charge in [-0.15, -0.1) is 23.5 Å². The van der Waals surface area contributed by atoms with Crippen LogP contribution in [0.3, 0.4) is 0 Å². The van der Waals surface area contributed by atoms with Crippen molar-refractivity contribution in [3.63, 3.8) is 0 Å². The number of oxime groups is 1. The molecule has 21 heteroatoms. The Bertz CT molecular complexity index is 954. The van der Waals surface area contributed by atoms with Crippen LogP contribution in [0.4, 0.5) is 0 Å². The molecule has 0 bridgehead atoms. The summed E-state index contributed by atoms with van der Waals surface area (Å²) >= 11 is 6.89. The monoisotopic (exact) mass is 1560 g/mol. The maximum atomic E-state index is 4.78. The van der Waals surface area contributed by atoms with Crippen molar-refractivity contribution in [2.24, 2.45) is 48.9 Å². The van der Waals surface area contributed by atoms with Crippen LogP contribution in [0.15, 0.2) is 61.2 Å². The standard InChI is InChI=1S/C4H8N2.C4H7NO.2C4H7NS.C4H7N.2C3H6N2.2C3H5NO.2C3H5NS.22C2H6/c3*1-2-5-4-6-3-1;1-2-4-6-5-3-1;1-2-4-5-3-1;1-2-5-3-4-1;1-2-4-5-3-1;1-2-5-3-4-1;1-2-4-5-3-1;1-2-5-3-4-1;1-2-4-5-3-1;22*1-2/h4H,1-3H2,(H,5,6);2*4H,1-3H2;3H,1-2,4H2;3H,1-2,4H2;3H,1-2H2,(H,4,5);1-2,4-5H,3H2;3H,1-2H2;2H,1,3H2;3H,1-2H2;2H,1,3H2;22*1-2H3. The van der Waals surface area contributed by atoms with Crippen LogP contribution < -0.4 is 21.5 Å². The molecular formula is C82H200N14O3S4. The Kier molecular flexibility index (Phi) is 474. The second kappa shape index (κ2) is 304. The molecule has 11 aliphatic heterocycles. The molecule has 17 nitrogen and oxygen atoms in total. The molecule has 0 aromatic heterocycles. The van der Waals surface area contributed by atoms with Gasteiger partial charge in [-0.1, -0.05) is 316 Å². The van der Waals surface area contributed by atoms with E-state index in [1.807, 2.05) is 347 Å². The lowest BCUT2D eigenvalue weighted by Gasteiger charge is -2.01. The number of hydrazine groups is 1. The summed E-state index contributed by atoms with van der Waals surface area (Å²) in [6, 6.07) is 0. The zero-order valence-electron chi connectivity index (χ0n) is 78.6. The Morgan fingerprint density at radius 1 is 0.301 bits per heavy atom. The minimum absolute atomic E-state index is 0.778. The van der Waals surface area contributed by atoms with Gasteiger partial charge >= 0.3 is 0 Å². The summed E-state index contributed by atoms with van der Waals surface area (Å²) < 4.78 is 17.3. The van der Waals surface area contributed by atoms with E-state index in [0.29, 0.717) is 0 Å². The molecule has 0 spiro atoms. The molecule has 0 aromatic rings. The Morgan fingerprint density at radius 2 is 0.718 bits per heavy atom. The molecule has 0 saturated heterocycles.